The fraction of sp³-hybridized carbons (Fsp3) is 0.333. The van der Waals surface area contributed by atoms with Crippen molar-refractivity contribution in [2.75, 3.05) is 7.05 Å². The summed E-state index contributed by atoms with van der Waals surface area (Å²) in [6.45, 7) is 4.91. The molecule has 1 aromatic heterocycles. The second-order valence-corrected chi connectivity index (χ2v) is 8.78. The minimum atomic E-state index is -4.01. The summed E-state index contributed by atoms with van der Waals surface area (Å²) in [4.78, 5) is 24.6. The summed E-state index contributed by atoms with van der Waals surface area (Å²) in [6, 6.07) is 3.60. The van der Waals surface area contributed by atoms with E-state index in [1.54, 1.807) is 20.8 Å². The summed E-state index contributed by atoms with van der Waals surface area (Å²) in [5.41, 5.74) is -0.782. The van der Waals surface area contributed by atoms with Crippen molar-refractivity contribution in [1.82, 2.24) is 15.4 Å². The molecule has 1 aromatic carbocycles. The molecule has 0 aliphatic rings. The molecule has 3 N–H and O–H groups in total. The average molecular weight is 429 g/mol. The lowest BCUT2D eigenvalue weighted by molar-refractivity contribution is -0.122. The van der Waals surface area contributed by atoms with Crippen LogP contribution in [0.25, 0.3) is 0 Å². The Hall–Kier alpha value is -2.79. The molecular weight excluding hydrogens is 408 g/mol. The molecule has 8 nitrogen and oxygen atoms in total. The van der Waals surface area contributed by atoms with Crippen LogP contribution in [0.3, 0.4) is 0 Å². The molecule has 0 aliphatic heterocycles. The Bertz CT molecular complexity index is 1030. The van der Waals surface area contributed by atoms with Crippen LogP contribution in [-0.2, 0) is 14.8 Å². The average Bonchev–Trinajstić information content (AvgIpc) is 3.10. The van der Waals surface area contributed by atoms with Crippen molar-refractivity contribution in [3.63, 3.8) is 0 Å². The molecule has 0 fully saturated rings. The second-order valence-electron chi connectivity index (χ2n) is 7.17. The molecule has 0 radical (unpaired) electrons. The van der Waals surface area contributed by atoms with Gasteiger partial charge in [-0.15, -0.1) is 0 Å². The molecular formula is C18H21F2N3O5S. The summed E-state index contributed by atoms with van der Waals surface area (Å²) in [6.07, 6.45) is 0. The zero-order valence-corrected chi connectivity index (χ0v) is 17.0. The highest BCUT2D eigenvalue weighted by Crippen LogP contribution is 2.20. The standard InChI is InChI=1S/C18H21F2N3O5S/c1-18(2,3)23-29(26,27)14-8-7-13(28-14)16(24)22-15(17(25)21-4)10-5-6-11(19)12(20)9-10/h5-9,15,23H,1-4H3,(H,21,25)(H,22,24). The van der Waals surface area contributed by atoms with Crippen LogP contribution in [0.1, 0.15) is 42.9 Å². The number of halogens is 2. The van der Waals surface area contributed by atoms with Crippen molar-refractivity contribution < 1.29 is 31.2 Å². The van der Waals surface area contributed by atoms with Crippen LogP contribution in [0.4, 0.5) is 8.78 Å². The highest BCUT2D eigenvalue weighted by molar-refractivity contribution is 7.89. The van der Waals surface area contributed by atoms with Gasteiger partial charge in [-0.1, -0.05) is 6.07 Å². The van der Waals surface area contributed by atoms with E-state index in [0.29, 0.717) is 0 Å². The van der Waals surface area contributed by atoms with Gasteiger partial charge in [-0.3, -0.25) is 9.59 Å². The minimum absolute atomic E-state index is 0.00889. The van der Waals surface area contributed by atoms with Crippen molar-refractivity contribution in [3.8, 4) is 0 Å². The molecule has 2 aromatic rings. The van der Waals surface area contributed by atoms with Gasteiger partial charge in [0.25, 0.3) is 15.9 Å². The Morgan fingerprint density at radius 2 is 1.72 bits per heavy atom. The number of benzene rings is 1. The fourth-order valence-electron chi connectivity index (χ4n) is 2.38. The largest absolute Gasteiger partial charge is 0.438 e. The third-order valence-corrected chi connectivity index (χ3v) is 5.20. The highest BCUT2D eigenvalue weighted by atomic mass is 32.2. The maximum Gasteiger partial charge on any atom is 0.287 e. The van der Waals surface area contributed by atoms with Crippen LogP contribution in [0, 0.1) is 11.6 Å². The third-order valence-electron chi connectivity index (χ3n) is 3.57. The topological polar surface area (TPSA) is 118 Å². The molecule has 0 saturated carbocycles. The molecule has 2 rings (SSSR count). The molecule has 0 bridgehead atoms. The summed E-state index contributed by atoms with van der Waals surface area (Å²) in [5, 5.41) is 4.13. The lowest BCUT2D eigenvalue weighted by atomic mass is 10.1. The van der Waals surface area contributed by atoms with Gasteiger partial charge in [-0.05, 0) is 50.6 Å². The van der Waals surface area contributed by atoms with Crippen molar-refractivity contribution in [2.45, 2.75) is 37.4 Å². The number of carbonyl (C=O) groups excluding carboxylic acids is 2. The van der Waals surface area contributed by atoms with E-state index in [0.717, 1.165) is 30.3 Å². The first-order valence-corrected chi connectivity index (χ1v) is 9.93. The van der Waals surface area contributed by atoms with Gasteiger partial charge in [0.05, 0.1) is 0 Å². The van der Waals surface area contributed by atoms with Crippen molar-refractivity contribution in [3.05, 3.63) is 53.3 Å². The Kier molecular flexibility index (Phi) is 6.43. The first kappa shape index (κ1) is 22.5. The number of rotatable bonds is 6. The maximum absolute atomic E-state index is 13.5. The van der Waals surface area contributed by atoms with E-state index in [1.165, 1.54) is 7.05 Å². The van der Waals surface area contributed by atoms with Crippen molar-refractivity contribution in [1.29, 1.82) is 0 Å². The molecule has 1 heterocycles. The van der Waals surface area contributed by atoms with Gasteiger partial charge in [0.15, 0.2) is 17.4 Å². The number of nitrogens with one attached hydrogen (secondary N) is 3. The Labute approximate surface area is 166 Å². The molecule has 1 atom stereocenters. The van der Waals surface area contributed by atoms with Crippen LogP contribution < -0.4 is 15.4 Å². The smallest absolute Gasteiger partial charge is 0.287 e. The Balaban J connectivity index is 2.28. The first-order chi connectivity index (χ1) is 13.3. The molecule has 11 heteroatoms. The fourth-order valence-corrected chi connectivity index (χ4v) is 3.73. The van der Waals surface area contributed by atoms with Crippen LogP contribution in [0.15, 0.2) is 39.8 Å². The Morgan fingerprint density at radius 3 is 2.28 bits per heavy atom. The minimum Gasteiger partial charge on any atom is -0.438 e. The molecule has 29 heavy (non-hydrogen) atoms. The SMILES string of the molecule is CNC(=O)C(NC(=O)c1ccc(S(=O)(=O)NC(C)(C)C)o1)c1ccc(F)c(F)c1. The monoisotopic (exact) mass is 429 g/mol. The van der Waals surface area contributed by atoms with E-state index in [4.69, 9.17) is 4.42 Å². The summed E-state index contributed by atoms with van der Waals surface area (Å²) >= 11 is 0. The molecule has 0 saturated heterocycles. The quantitative estimate of drug-likeness (QED) is 0.648. The van der Waals surface area contributed by atoms with E-state index in [1.807, 2.05) is 0 Å². The first-order valence-electron chi connectivity index (χ1n) is 8.45. The maximum atomic E-state index is 13.5. The van der Waals surface area contributed by atoms with E-state index >= 15 is 0 Å². The van der Waals surface area contributed by atoms with Gasteiger partial charge in [0.2, 0.25) is 11.0 Å². The molecule has 2 amide bonds. The van der Waals surface area contributed by atoms with Gasteiger partial charge in [0.1, 0.15) is 6.04 Å². The summed E-state index contributed by atoms with van der Waals surface area (Å²) in [5.74, 6) is -4.29. The zero-order chi connectivity index (χ0) is 22.0. The lowest BCUT2D eigenvalue weighted by Gasteiger charge is -2.19. The van der Waals surface area contributed by atoms with Crippen molar-refractivity contribution in [2.24, 2.45) is 0 Å². The van der Waals surface area contributed by atoms with Crippen molar-refractivity contribution >= 4 is 21.8 Å². The predicted molar refractivity (Wildman–Crippen MR) is 99.4 cm³/mol. The number of likely N-dealkylation sites (N-methyl/N-ethyl adjacent to an activating group) is 1. The van der Waals surface area contributed by atoms with Crippen LogP contribution in [0.2, 0.25) is 0 Å². The number of amides is 2. The van der Waals surface area contributed by atoms with Gasteiger partial charge in [0, 0.05) is 12.6 Å². The zero-order valence-electron chi connectivity index (χ0n) is 16.2. The Morgan fingerprint density at radius 1 is 1.07 bits per heavy atom. The van der Waals surface area contributed by atoms with E-state index in [9.17, 15) is 26.8 Å². The van der Waals surface area contributed by atoms with Crippen LogP contribution in [-0.4, -0.2) is 32.8 Å². The number of sulfonamides is 1. The molecule has 0 aliphatic carbocycles. The highest BCUT2D eigenvalue weighted by Gasteiger charge is 2.28. The molecule has 158 valence electrons. The van der Waals surface area contributed by atoms with E-state index in [-0.39, 0.29) is 11.3 Å². The number of carbonyl (C=O) groups is 2. The van der Waals surface area contributed by atoms with E-state index < -0.39 is 50.1 Å². The summed E-state index contributed by atoms with van der Waals surface area (Å²) in [7, 11) is -2.71. The summed E-state index contributed by atoms with van der Waals surface area (Å²) < 4.78 is 58.7. The second kappa shape index (κ2) is 8.29. The number of furan rings is 1. The number of hydrogen-bond donors (Lipinski definition) is 3. The van der Waals surface area contributed by atoms with Gasteiger partial charge >= 0.3 is 0 Å². The predicted octanol–water partition coefficient (Wildman–Crippen LogP) is 1.85. The van der Waals surface area contributed by atoms with E-state index in [2.05, 4.69) is 15.4 Å². The van der Waals surface area contributed by atoms with Crippen LogP contribution >= 0.6 is 0 Å². The van der Waals surface area contributed by atoms with Gasteiger partial charge in [-0.25, -0.2) is 21.9 Å². The molecule has 0 spiro atoms. The normalized spacial score (nSPS) is 13.0. The van der Waals surface area contributed by atoms with Gasteiger partial charge < -0.3 is 15.1 Å². The number of hydrogen-bond acceptors (Lipinski definition) is 5. The molecule has 1 unspecified atom stereocenters. The third kappa shape index (κ3) is 5.61. The lowest BCUT2D eigenvalue weighted by Crippen LogP contribution is -2.40. The van der Waals surface area contributed by atoms with Crippen LogP contribution in [0.5, 0.6) is 0 Å². The van der Waals surface area contributed by atoms with Gasteiger partial charge in [-0.2, -0.15) is 0 Å².